The fourth-order valence-corrected chi connectivity index (χ4v) is 5.80. The van der Waals surface area contributed by atoms with Crippen LogP contribution in [-0.4, -0.2) is 41.1 Å². The molecule has 2 aromatic rings. The summed E-state index contributed by atoms with van der Waals surface area (Å²) in [6.07, 6.45) is 3.75. The fraction of sp³-hybridized carbons (Fsp3) is 0.417. The molecule has 8 heteroatoms. The Balaban J connectivity index is 1.67. The minimum absolute atomic E-state index is 0.205. The Bertz CT molecular complexity index is 1070. The standard InChI is InChI=1S/C24H27N3O4S/c1-4-25-20(28)18-16-11-7-8-12-17(16)32-22(18)26-21(29)19(13(2)3)27-23(30)14-9-5-6-10-15(14)24(27)31/h5-6,9-10,13,19H,4,7-8,11-12H2,1-3H3,(H,25,28)(H,26,29)/t19-/m0/s1. The van der Waals surface area contributed by atoms with Crippen molar-refractivity contribution in [2.45, 2.75) is 52.5 Å². The number of rotatable bonds is 6. The average molecular weight is 454 g/mol. The zero-order chi connectivity index (χ0) is 23.0. The van der Waals surface area contributed by atoms with Crippen LogP contribution in [0.25, 0.3) is 0 Å². The van der Waals surface area contributed by atoms with Crippen LogP contribution in [0.1, 0.15) is 75.1 Å². The minimum atomic E-state index is -0.983. The molecular formula is C24H27N3O4S. The molecule has 1 atom stereocenters. The molecule has 4 amide bonds. The lowest BCUT2D eigenvalue weighted by atomic mass is 9.95. The van der Waals surface area contributed by atoms with E-state index in [2.05, 4.69) is 10.6 Å². The van der Waals surface area contributed by atoms with Crippen molar-refractivity contribution in [3.63, 3.8) is 0 Å². The molecule has 7 nitrogen and oxygen atoms in total. The van der Waals surface area contributed by atoms with Crippen LogP contribution < -0.4 is 10.6 Å². The van der Waals surface area contributed by atoms with Crippen LogP contribution in [0.5, 0.6) is 0 Å². The van der Waals surface area contributed by atoms with Crippen LogP contribution in [0, 0.1) is 5.92 Å². The Morgan fingerprint density at radius 1 is 1.06 bits per heavy atom. The number of imide groups is 1. The van der Waals surface area contributed by atoms with Gasteiger partial charge in [-0.1, -0.05) is 26.0 Å². The van der Waals surface area contributed by atoms with Gasteiger partial charge in [-0.25, -0.2) is 0 Å². The first kappa shape index (κ1) is 22.2. The third-order valence-corrected chi connectivity index (χ3v) is 7.18. The van der Waals surface area contributed by atoms with E-state index in [9.17, 15) is 19.2 Å². The van der Waals surface area contributed by atoms with E-state index in [1.54, 1.807) is 38.1 Å². The van der Waals surface area contributed by atoms with Gasteiger partial charge in [0.2, 0.25) is 5.91 Å². The highest BCUT2D eigenvalue weighted by atomic mass is 32.1. The van der Waals surface area contributed by atoms with Crippen LogP contribution in [0.4, 0.5) is 5.00 Å². The van der Waals surface area contributed by atoms with Gasteiger partial charge in [-0.15, -0.1) is 11.3 Å². The molecule has 1 aliphatic carbocycles. The highest BCUT2D eigenvalue weighted by Crippen LogP contribution is 2.38. The highest BCUT2D eigenvalue weighted by Gasteiger charge is 2.44. The summed E-state index contributed by atoms with van der Waals surface area (Å²) in [6, 6.07) is 5.62. The molecule has 0 fully saturated rings. The van der Waals surface area contributed by atoms with Gasteiger partial charge in [-0.2, -0.15) is 0 Å². The molecule has 1 aromatic carbocycles. The summed E-state index contributed by atoms with van der Waals surface area (Å²) in [5, 5.41) is 6.24. The van der Waals surface area contributed by atoms with Crippen molar-refractivity contribution < 1.29 is 19.2 Å². The number of nitrogens with zero attached hydrogens (tertiary/aromatic N) is 1. The molecule has 1 aliphatic heterocycles. The van der Waals surface area contributed by atoms with Crippen LogP contribution >= 0.6 is 11.3 Å². The predicted octanol–water partition coefficient (Wildman–Crippen LogP) is 3.64. The maximum atomic E-state index is 13.4. The summed E-state index contributed by atoms with van der Waals surface area (Å²) < 4.78 is 0. The van der Waals surface area contributed by atoms with Crippen molar-refractivity contribution in [3.05, 3.63) is 51.4 Å². The molecule has 0 saturated heterocycles. The third kappa shape index (κ3) is 3.72. The average Bonchev–Trinajstić information content (AvgIpc) is 3.24. The van der Waals surface area contributed by atoms with Crippen LogP contribution in [0.2, 0.25) is 0 Å². The van der Waals surface area contributed by atoms with E-state index < -0.39 is 23.8 Å². The van der Waals surface area contributed by atoms with Gasteiger partial charge in [0.1, 0.15) is 11.0 Å². The van der Waals surface area contributed by atoms with Gasteiger partial charge in [-0.05, 0) is 56.2 Å². The SMILES string of the molecule is CCNC(=O)c1c(NC(=O)[C@H](C(C)C)N2C(=O)c3ccccc3C2=O)sc2c1CCCC2. The summed E-state index contributed by atoms with van der Waals surface area (Å²) in [4.78, 5) is 54.4. The molecule has 0 saturated carbocycles. The van der Waals surface area contributed by atoms with Crippen LogP contribution in [0.15, 0.2) is 24.3 Å². The Labute approximate surface area is 191 Å². The molecule has 0 bridgehead atoms. The summed E-state index contributed by atoms with van der Waals surface area (Å²) >= 11 is 1.42. The number of benzene rings is 1. The molecule has 2 aliphatic rings. The summed E-state index contributed by atoms with van der Waals surface area (Å²) in [5.74, 6) is -1.90. The van der Waals surface area contributed by atoms with E-state index in [0.29, 0.717) is 28.2 Å². The summed E-state index contributed by atoms with van der Waals surface area (Å²) in [6.45, 7) is 5.95. The second kappa shape index (κ2) is 8.86. The lowest BCUT2D eigenvalue weighted by molar-refractivity contribution is -0.121. The number of thiophene rings is 1. The number of fused-ring (bicyclic) bond motifs is 2. The number of nitrogens with one attached hydrogen (secondary N) is 2. The van der Waals surface area contributed by atoms with Gasteiger partial charge in [-0.3, -0.25) is 24.1 Å². The van der Waals surface area contributed by atoms with Crippen molar-refractivity contribution in [2.75, 3.05) is 11.9 Å². The van der Waals surface area contributed by atoms with Crippen molar-refractivity contribution in [3.8, 4) is 0 Å². The summed E-state index contributed by atoms with van der Waals surface area (Å²) in [5.41, 5.74) is 2.14. The van der Waals surface area contributed by atoms with Gasteiger partial charge in [0.15, 0.2) is 0 Å². The van der Waals surface area contributed by atoms with Crippen LogP contribution in [0.3, 0.4) is 0 Å². The summed E-state index contributed by atoms with van der Waals surface area (Å²) in [7, 11) is 0. The first-order valence-corrected chi connectivity index (χ1v) is 11.9. The second-order valence-corrected chi connectivity index (χ2v) is 9.58. The molecule has 32 heavy (non-hydrogen) atoms. The molecule has 0 radical (unpaired) electrons. The molecule has 0 unspecified atom stereocenters. The smallest absolute Gasteiger partial charge is 0.262 e. The van der Waals surface area contributed by atoms with E-state index >= 15 is 0 Å². The molecule has 0 spiro atoms. The Hall–Kier alpha value is -3.00. The molecule has 2 N–H and O–H groups in total. The minimum Gasteiger partial charge on any atom is -0.352 e. The quantitative estimate of drug-likeness (QED) is 0.653. The Morgan fingerprint density at radius 3 is 2.28 bits per heavy atom. The number of hydrogen-bond acceptors (Lipinski definition) is 5. The first-order valence-electron chi connectivity index (χ1n) is 11.1. The van der Waals surface area contributed by atoms with Gasteiger partial charge >= 0.3 is 0 Å². The maximum Gasteiger partial charge on any atom is 0.262 e. The number of carbonyl (C=O) groups is 4. The molecular weight excluding hydrogens is 426 g/mol. The first-order chi connectivity index (χ1) is 15.3. The lowest BCUT2D eigenvalue weighted by Crippen LogP contribution is -2.50. The molecule has 2 heterocycles. The van der Waals surface area contributed by atoms with E-state index in [0.717, 1.165) is 41.0 Å². The van der Waals surface area contributed by atoms with Crippen molar-refractivity contribution in [2.24, 2.45) is 5.92 Å². The zero-order valence-electron chi connectivity index (χ0n) is 18.5. The Kier molecular flexibility index (Phi) is 6.15. The largest absolute Gasteiger partial charge is 0.352 e. The number of hydrogen-bond donors (Lipinski definition) is 2. The molecule has 168 valence electrons. The number of amides is 4. The highest BCUT2D eigenvalue weighted by molar-refractivity contribution is 7.17. The van der Waals surface area contributed by atoms with Crippen LogP contribution in [-0.2, 0) is 17.6 Å². The third-order valence-electron chi connectivity index (χ3n) is 5.98. The monoisotopic (exact) mass is 453 g/mol. The number of anilines is 1. The number of aryl methyl sites for hydroxylation is 1. The van der Waals surface area contributed by atoms with E-state index in [1.807, 2.05) is 6.92 Å². The maximum absolute atomic E-state index is 13.4. The van der Waals surface area contributed by atoms with Gasteiger partial charge in [0, 0.05) is 11.4 Å². The van der Waals surface area contributed by atoms with E-state index in [4.69, 9.17) is 0 Å². The second-order valence-electron chi connectivity index (χ2n) is 8.48. The van der Waals surface area contributed by atoms with Crippen molar-refractivity contribution in [1.29, 1.82) is 0 Å². The van der Waals surface area contributed by atoms with E-state index in [1.165, 1.54) is 11.3 Å². The normalized spacial score (nSPS) is 16.1. The van der Waals surface area contributed by atoms with Crippen molar-refractivity contribution in [1.82, 2.24) is 10.2 Å². The van der Waals surface area contributed by atoms with Crippen molar-refractivity contribution >= 4 is 40.0 Å². The van der Waals surface area contributed by atoms with E-state index in [-0.39, 0.29) is 11.8 Å². The fourth-order valence-electron chi connectivity index (χ4n) is 4.51. The Morgan fingerprint density at radius 2 is 1.69 bits per heavy atom. The topological polar surface area (TPSA) is 95.6 Å². The van der Waals surface area contributed by atoms with Gasteiger partial charge in [0.05, 0.1) is 16.7 Å². The lowest BCUT2D eigenvalue weighted by Gasteiger charge is -2.28. The molecule has 1 aromatic heterocycles. The van der Waals surface area contributed by atoms with Gasteiger partial charge in [0.25, 0.3) is 17.7 Å². The van der Waals surface area contributed by atoms with Gasteiger partial charge < -0.3 is 10.6 Å². The number of carbonyl (C=O) groups excluding carboxylic acids is 4. The predicted molar refractivity (Wildman–Crippen MR) is 123 cm³/mol. The zero-order valence-corrected chi connectivity index (χ0v) is 19.3. The molecule has 4 rings (SSSR count).